The van der Waals surface area contributed by atoms with Gasteiger partial charge in [0.25, 0.3) is 11.5 Å². The van der Waals surface area contributed by atoms with Crippen molar-refractivity contribution in [2.75, 3.05) is 0 Å². The fraction of sp³-hybridized carbons (Fsp3) is 0.100. The van der Waals surface area contributed by atoms with Crippen LogP contribution < -0.4 is 10.9 Å². The van der Waals surface area contributed by atoms with Gasteiger partial charge in [0.05, 0.1) is 5.69 Å². The van der Waals surface area contributed by atoms with Gasteiger partial charge in [0.2, 0.25) is 0 Å². The molecule has 134 valence electrons. The van der Waals surface area contributed by atoms with Gasteiger partial charge in [-0.15, -0.1) is 0 Å². The van der Waals surface area contributed by atoms with Crippen molar-refractivity contribution in [3.63, 3.8) is 0 Å². The molecule has 0 spiro atoms. The molecule has 0 atom stereocenters. The van der Waals surface area contributed by atoms with Gasteiger partial charge in [0.15, 0.2) is 6.29 Å². The van der Waals surface area contributed by atoms with Crippen LogP contribution in [0.25, 0.3) is 16.6 Å². The zero-order valence-electron chi connectivity index (χ0n) is 14.5. The van der Waals surface area contributed by atoms with E-state index in [0.29, 0.717) is 11.3 Å². The summed E-state index contributed by atoms with van der Waals surface area (Å²) in [5.74, 6) is -0.418. The molecular formula is C20H16N4O3. The minimum atomic E-state index is -0.418. The fourth-order valence-electron chi connectivity index (χ4n) is 3.06. The molecule has 0 fully saturated rings. The van der Waals surface area contributed by atoms with Crippen LogP contribution >= 0.6 is 0 Å². The summed E-state index contributed by atoms with van der Waals surface area (Å²) in [5.41, 5.74) is 2.57. The second kappa shape index (κ2) is 6.53. The Labute approximate surface area is 153 Å². The quantitative estimate of drug-likeness (QED) is 0.564. The lowest BCUT2D eigenvalue weighted by Crippen LogP contribution is -2.26. The molecule has 0 aliphatic heterocycles. The monoisotopic (exact) mass is 360 g/mol. The van der Waals surface area contributed by atoms with Crippen molar-refractivity contribution in [1.82, 2.24) is 19.3 Å². The SMILES string of the molecule is Cn1c(C=O)cc2ccc(CNC(=O)c3cc(=O)n4ccccc4n3)cc21. The third-order valence-corrected chi connectivity index (χ3v) is 4.52. The Hall–Kier alpha value is -3.74. The number of rotatable bonds is 4. The van der Waals surface area contributed by atoms with Crippen LogP contribution in [0.4, 0.5) is 0 Å². The third kappa shape index (κ3) is 2.99. The second-order valence-corrected chi connectivity index (χ2v) is 6.23. The highest BCUT2D eigenvalue weighted by molar-refractivity contribution is 5.93. The summed E-state index contributed by atoms with van der Waals surface area (Å²) in [4.78, 5) is 39.8. The van der Waals surface area contributed by atoms with Crippen molar-refractivity contribution in [2.45, 2.75) is 6.54 Å². The van der Waals surface area contributed by atoms with Gasteiger partial charge in [-0.25, -0.2) is 4.98 Å². The number of hydrogen-bond donors (Lipinski definition) is 1. The summed E-state index contributed by atoms with van der Waals surface area (Å²) in [6.45, 7) is 0.284. The molecule has 1 N–H and O–H groups in total. The normalized spacial score (nSPS) is 11.0. The minimum Gasteiger partial charge on any atom is -0.347 e. The summed E-state index contributed by atoms with van der Waals surface area (Å²) in [5, 5.41) is 3.74. The van der Waals surface area contributed by atoms with Gasteiger partial charge in [-0.05, 0) is 29.8 Å². The predicted octanol–water partition coefficient (Wildman–Crippen LogP) is 1.93. The van der Waals surface area contributed by atoms with E-state index in [4.69, 9.17) is 0 Å². The van der Waals surface area contributed by atoms with E-state index in [-0.39, 0.29) is 17.8 Å². The Morgan fingerprint density at radius 3 is 2.85 bits per heavy atom. The Bertz CT molecular complexity index is 1250. The number of hydrogen-bond acceptors (Lipinski definition) is 4. The number of amides is 1. The number of benzene rings is 1. The van der Waals surface area contributed by atoms with E-state index in [2.05, 4.69) is 10.3 Å². The van der Waals surface area contributed by atoms with E-state index in [1.165, 1.54) is 10.5 Å². The van der Waals surface area contributed by atoms with E-state index in [1.54, 1.807) is 29.0 Å². The predicted molar refractivity (Wildman–Crippen MR) is 101 cm³/mol. The number of pyridine rings is 1. The highest BCUT2D eigenvalue weighted by Crippen LogP contribution is 2.19. The Balaban J connectivity index is 1.57. The first kappa shape index (κ1) is 16.7. The van der Waals surface area contributed by atoms with Gasteiger partial charge in [0, 0.05) is 36.8 Å². The number of aldehydes is 1. The molecule has 3 heterocycles. The average molecular weight is 360 g/mol. The number of aryl methyl sites for hydroxylation is 1. The van der Waals surface area contributed by atoms with Crippen LogP contribution in [0.3, 0.4) is 0 Å². The number of aromatic nitrogens is 3. The maximum Gasteiger partial charge on any atom is 0.270 e. The van der Waals surface area contributed by atoms with Gasteiger partial charge in [0.1, 0.15) is 11.3 Å². The Kier molecular flexibility index (Phi) is 4.04. The molecular weight excluding hydrogens is 344 g/mol. The van der Waals surface area contributed by atoms with Crippen LogP contribution in [0.1, 0.15) is 26.5 Å². The topological polar surface area (TPSA) is 85.5 Å². The molecule has 0 aliphatic rings. The molecule has 0 saturated carbocycles. The lowest BCUT2D eigenvalue weighted by Gasteiger charge is -2.07. The van der Waals surface area contributed by atoms with Gasteiger partial charge in [-0.1, -0.05) is 18.2 Å². The van der Waals surface area contributed by atoms with Crippen LogP contribution in [0.5, 0.6) is 0 Å². The van der Waals surface area contributed by atoms with E-state index < -0.39 is 5.91 Å². The number of carbonyl (C=O) groups is 2. The van der Waals surface area contributed by atoms with Gasteiger partial charge in [-0.3, -0.25) is 18.8 Å². The van der Waals surface area contributed by atoms with Gasteiger partial charge in [-0.2, -0.15) is 0 Å². The summed E-state index contributed by atoms with van der Waals surface area (Å²) in [7, 11) is 1.82. The van der Waals surface area contributed by atoms with Crippen molar-refractivity contribution in [3.8, 4) is 0 Å². The standard InChI is InChI=1S/C20H16N4O3/c1-23-15(12-25)9-14-6-5-13(8-17(14)23)11-21-20(27)16-10-19(26)24-7-3-2-4-18(24)22-16/h2-10,12H,11H2,1H3,(H,21,27). The first-order valence-corrected chi connectivity index (χ1v) is 8.37. The number of nitrogens with zero attached hydrogens (tertiary/aromatic N) is 3. The van der Waals surface area contributed by atoms with Crippen molar-refractivity contribution in [1.29, 1.82) is 0 Å². The summed E-state index contributed by atoms with van der Waals surface area (Å²) in [6.07, 6.45) is 2.42. The van der Waals surface area contributed by atoms with Gasteiger partial charge < -0.3 is 9.88 Å². The first-order chi connectivity index (χ1) is 13.1. The number of nitrogens with one attached hydrogen (secondary N) is 1. The molecule has 1 aromatic carbocycles. The van der Waals surface area contributed by atoms with E-state index >= 15 is 0 Å². The largest absolute Gasteiger partial charge is 0.347 e. The maximum absolute atomic E-state index is 12.4. The number of fused-ring (bicyclic) bond motifs is 2. The zero-order chi connectivity index (χ0) is 19.0. The van der Waals surface area contributed by atoms with E-state index in [0.717, 1.165) is 22.8 Å². The van der Waals surface area contributed by atoms with Crippen LogP contribution in [-0.2, 0) is 13.6 Å². The summed E-state index contributed by atoms with van der Waals surface area (Å²) >= 11 is 0. The first-order valence-electron chi connectivity index (χ1n) is 8.37. The average Bonchev–Trinajstić information content (AvgIpc) is 3.01. The summed E-state index contributed by atoms with van der Waals surface area (Å²) in [6, 6.07) is 13.9. The van der Waals surface area contributed by atoms with Crippen molar-refractivity contribution < 1.29 is 9.59 Å². The molecule has 0 aliphatic carbocycles. The lowest BCUT2D eigenvalue weighted by atomic mass is 10.1. The lowest BCUT2D eigenvalue weighted by molar-refractivity contribution is 0.0945. The smallest absolute Gasteiger partial charge is 0.270 e. The third-order valence-electron chi connectivity index (χ3n) is 4.52. The van der Waals surface area contributed by atoms with Crippen LogP contribution in [0, 0.1) is 0 Å². The molecule has 7 heteroatoms. The van der Waals surface area contributed by atoms with Crippen LogP contribution in [0.2, 0.25) is 0 Å². The molecule has 0 unspecified atom stereocenters. The molecule has 27 heavy (non-hydrogen) atoms. The molecule has 1 amide bonds. The molecule has 4 rings (SSSR count). The molecule has 0 bridgehead atoms. The zero-order valence-corrected chi connectivity index (χ0v) is 14.5. The fourth-order valence-corrected chi connectivity index (χ4v) is 3.06. The second-order valence-electron chi connectivity index (χ2n) is 6.23. The van der Waals surface area contributed by atoms with Crippen LogP contribution in [-0.4, -0.2) is 26.1 Å². The molecule has 7 nitrogen and oxygen atoms in total. The van der Waals surface area contributed by atoms with Crippen molar-refractivity contribution in [3.05, 3.63) is 82.0 Å². The Morgan fingerprint density at radius 2 is 2.04 bits per heavy atom. The highest BCUT2D eigenvalue weighted by Gasteiger charge is 2.11. The van der Waals surface area contributed by atoms with E-state index in [9.17, 15) is 14.4 Å². The summed E-state index contributed by atoms with van der Waals surface area (Å²) < 4.78 is 3.18. The van der Waals surface area contributed by atoms with Crippen LogP contribution in [0.15, 0.2) is 59.5 Å². The molecule has 0 radical (unpaired) electrons. The maximum atomic E-state index is 12.4. The molecule has 0 saturated heterocycles. The molecule has 3 aromatic heterocycles. The van der Waals surface area contributed by atoms with Crippen molar-refractivity contribution >= 4 is 28.7 Å². The van der Waals surface area contributed by atoms with Crippen molar-refractivity contribution in [2.24, 2.45) is 7.05 Å². The molecule has 4 aromatic rings. The number of carbonyl (C=O) groups excluding carboxylic acids is 2. The van der Waals surface area contributed by atoms with E-state index in [1.807, 2.05) is 31.3 Å². The minimum absolute atomic E-state index is 0.0781. The highest BCUT2D eigenvalue weighted by atomic mass is 16.2. The Morgan fingerprint density at radius 1 is 1.19 bits per heavy atom. The van der Waals surface area contributed by atoms with Gasteiger partial charge >= 0.3 is 0 Å².